The van der Waals surface area contributed by atoms with Gasteiger partial charge in [-0.1, -0.05) is 60.2 Å². The Morgan fingerprint density at radius 3 is 2.23 bits per heavy atom. The van der Waals surface area contributed by atoms with E-state index in [1.807, 2.05) is 30.3 Å². The highest BCUT2D eigenvalue weighted by molar-refractivity contribution is 5.76. The van der Waals surface area contributed by atoms with E-state index in [9.17, 15) is 15.0 Å². The van der Waals surface area contributed by atoms with E-state index >= 15 is 0 Å². The summed E-state index contributed by atoms with van der Waals surface area (Å²) in [6.45, 7) is 0.350. The van der Waals surface area contributed by atoms with E-state index in [1.165, 1.54) is 12.1 Å². The van der Waals surface area contributed by atoms with E-state index in [0.29, 0.717) is 19.4 Å². The fraction of sp³-hybridized carbons (Fsp3) is 0.235. The molecule has 5 heteroatoms. The van der Waals surface area contributed by atoms with Crippen LogP contribution in [0.2, 0.25) is 0 Å². The van der Waals surface area contributed by atoms with Gasteiger partial charge in [-0.25, -0.2) is 0 Å². The molecule has 0 aromatic heterocycles. The van der Waals surface area contributed by atoms with E-state index in [0.717, 1.165) is 11.1 Å². The molecule has 0 saturated heterocycles. The summed E-state index contributed by atoms with van der Waals surface area (Å²) in [6.07, 6.45) is 1.10. The van der Waals surface area contributed by atoms with Crippen molar-refractivity contribution in [1.29, 1.82) is 0 Å². The Labute approximate surface area is 129 Å². The predicted molar refractivity (Wildman–Crippen MR) is 78.9 cm³/mol. The molecule has 0 fully saturated rings. The molecule has 0 aliphatic rings. The lowest BCUT2D eigenvalue weighted by atomic mass is 10.1. The van der Waals surface area contributed by atoms with Crippen LogP contribution in [0.1, 0.15) is 23.1 Å². The number of aryl methyl sites for hydroxylation is 1. The minimum absolute atomic E-state index is 0.0216. The highest BCUT2D eigenvalue weighted by atomic mass is 16.5. The van der Waals surface area contributed by atoms with Gasteiger partial charge in [0.2, 0.25) is 5.91 Å². The third kappa shape index (κ3) is 4.96. The van der Waals surface area contributed by atoms with Crippen LogP contribution in [-0.2, 0) is 23.7 Å². The number of amides is 1. The number of hydrogen-bond donors (Lipinski definition) is 2. The standard InChI is InChI=1S/C17H18N2O3/c18-17(21,22)15-9-6-14(7-10-15)12-19-16(20)11-8-13-4-2-1-3-5-13/h1-7,9-10H,8,11-12,18H2,(H,19,20)/q-2. The van der Waals surface area contributed by atoms with Crippen molar-refractivity contribution in [3.63, 3.8) is 0 Å². The molecule has 3 N–H and O–H groups in total. The molecule has 2 rings (SSSR count). The van der Waals surface area contributed by atoms with E-state index in [2.05, 4.69) is 5.32 Å². The molecule has 22 heavy (non-hydrogen) atoms. The number of carbonyl (C=O) groups excluding carboxylic acids is 1. The normalized spacial score (nSPS) is 11.2. The van der Waals surface area contributed by atoms with Crippen LogP contribution in [0.25, 0.3) is 0 Å². The van der Waals surface area contributed by atoms with Crippen molar-refractivity contribution in [1.82, 2.24) is 5.32 Å². The van der Waals surface area contributed by atoms with Gasteiger partial charge in [-0.15, -0.1) is 5.91 Å². The molecule has 0 unspecified atom stereocenters. The number of hydrogen-bond acceptors (Lipinski definition) is 4. The summed E-state index contributed by atoms with van der Waals surface area (Å²) in [5.74, 6) is -2.88. The van der Waals surface area contributed by atoms with Crippen LogP contribution in [0.15, 0.2) is 54.6 Å². The first-order chi connectivity index (χ1) is 10.4. The topological polar surface area (TPSA) is 101 Å². The summed E-state index contributed by atoms with van der Waals surface area (Å²) in [7, 11) is 0. The maximum Gasteiger partial charge on any atom is 0.220 e. The molecule has 0 radical (unpaired) electrons. The van der Waals surface area contributed by atoms with Gasteiger partial charge < -0.3 is 21.3 Å². The third-order valence-electron chi connectivity index (χ3n) is 3.33. The Balaban J connectivity index is 1.79. The van der Waals surface area contributed by atoms with Crippen molar-refractivity contribution in [3.05, 3.63) is 71.3 Å². The van der Waals surface area contributed by atoms with Crippen LogP contribution in [-0.4, -0.2) is 5.91 Å². The first-order valence-electron chi connectivity index (χ1n) is 7.05. The van der Waals surface area contributed by atoms with Crippen molar-refractivity contribution >= 4 is 5.91 Å². The van der Waals surface area contributed by atoms with Crippen molar-refractivity contribution in [2.24, 2.45) is 5.73 Å². The van der Waals surface area contributed by atoms with Gasteiger partial charge in [0.25, 0.3) is 0 Å². The maximum absolute atomic E-state index is 11.8. The zero-order chi connectivity index (χ0) is 16.0. The quantitative estimate of drug-likeness (QED) is 0.716. The number of nitrogens with one attached hydrogen (secondary N) is 1. The maximum atomic E-state index is 11.8. The van der Waals surface area contributed by atoms with Crippen molar-refractivity contribution in [3.8, 4) is 0 Å². The molecule has 0 bridgehead atoms. The first kappa shape index (κ1) is 16.2. The minimum Gasteiger partial charge on any atom is -0.848 e. The fourth-order valence-electron chi connectivity index (χ4n) is 2.05. The molecule has 0 spiro atoms. The van der Waals surface area contributed by atoms with Gasteiger partial charge in [0.05, 0.1) is 0 Å². The second-order valence-corrected chi connectivity index (χ2v) is 5.13. The zero-order valence-electron chi connectivity index (χ0n) is 12.1. The molecule has 2 aromatic carbocycles. The summed E-state index contributed by atoms with van der Waals surface area (Å²) in [6, 6.07) is 15.8. The molecular formula is C17H18N2O3-2. The van der Waals surface area contributed by atoms with Crippen molar-refractivity contribution in [2.45, 2.75) is 25.3 Å². The molecule has 0 saturated carbocycles. The summed E-state index contributed by atoms with van der Waals surface area (Å²) >= 11 is 0. The lowest BCUT2D eigenvalue weighted by molar-refractivity contribution is -0.734. The third-order valence-corrected chi connectivity index (χ3v) is 3.33. The van der Waals surface area contributed by atoms with Gasteiger partial charge in [-0.2, -0.15) is 0 Å². The summed E-state index contributed by atoms with van der Waals surface area (Å²) in [5, 5.41) is 24.9. The molecular weight excluding hydrogens is 280 g/mol. The molecule has 0 aliphatic carbocycles. The second-order valence-electron chi connectivity index (χ2n) is 5.13. The van der Waals surface area contributed by atoms with Crippen LogP contribution in [0.3, 0.4) is 0 Å². The smallest absolute Gasteiger partial charge is 0.220 e. The molecule has 0 aliphatic heterocycles. The van der Waals surface area contributed by atoms with Gasteiger partial charge in [0.15, 0.2) is 0 Å². The largest absolute Gasteiger partial charge is 0.848 e. The molecule has 5 nitrogen and oxygen atoms in total. The Morgan fingerprint density at radius 1 is 1.00 bits per heavy atom. The van der Waals surface area contributed by atoms with Crippen LogP contribution in [0.5, 0.6) is 0 Å². The SMILES string of the molecule is NC([O-])([O-])c1ccc(CNC(=O)CCc2ccccc2)cc1. The number of rotatable bonds is 6. The molecule has 1 amide bonds. The minimum atomic E-state index is -2.84. The second kappa shape index (κ2) is 7.17. The summed E-state index contributed by atoms with van der Waals surface area (Å²) < 4.78 is 0. The highest BCUT2D eigenvalue weighted by Gasteiger charge is 2.03. The monoisotopic (exact) mass is 298 g/mol. The molecule has 0 atom stereocenters. The molecule has 116 valence electrons. The van der Waals surface area contributed by atoms with E-state index in [4.69, 9.17) is 5.73 Å². The van der Waals surface area contributed by atoms with E-state index < -0.39 is 5.91 Å². The van der Waals surface area contributed by atoms with Gasteiger partial charge >= 0.3 is 0 Å². The van der Waals surface area contributed by atoms with Crippen molar-refractivity contribution < 1.29 is 15.0 Å². The number of carbonyl (C=O) groups is 1. The Hall–Kier alpha value is -2.21. The lowest BCUT2D eigenvalue weighted by Crippen LogP contribution is -2.60. The molecule has 0 heterocycles. The average Bonchev–Trinajstić information content (AvgIpc) is 2.51. The lowest BCUT2D eigenvalue weighted by Gasteiger charge is -2.44. The van der Waals surface area contributed by atoms with Gasteiger partial charge in [0.1, 0.15) is 0 Å². The summed E-state index contributed by atoms with van der Waals surface area (Å²) in [5.41, 5.74) is 6.85. The van der Waals surface area contributed by atoms with E-state index in [-0.39, 0.29) is 11.5 Å². The van der Waals surface area contributed by atoms with Crippen LogP contribution < -0.4 is 21.3 Å². The van der Waals surface area contributed by atoms with Crippen LogP contribution in [0.4, 0.5) is 0 Å². The Morgan fingerprint density at radius 2 is 1.64 bits per heavy atom. The highest BCUT2D eigenvalue weighted by Crippen LogP contribution is 2.09. The predicted octanol–water partition coefficient (Wildman–Crippen LogP) is -0.275. The van der Waals surface area contributed by atoms with Gasteiger partial charge in [0, 0.05) is 13.0 Å². The number of benzene rings is 2. The number of nitrogens with two attached hydrogens (primary N) is 1. The first-order valence-corrected chi connectivity index (χ1v) is 7.05. The van der Waals surface area contributed by atoms with Crippen LogP contribution >= 0.6 is 0 Å². The van der Waals surface area contributed by atoms with Crippen molar-refractivity contribution in [2.75, 3.05) is 0 Å². The van der Waals surface area contributed by atoms with Gasteiger partial charge in [-0.05, 0) is 17.5 Å². The average molecular weight is 298 g/mol. The van der Waals surface area contributed by atoms with Gasteiger partial charge in [-0.3, -0.25) is 4.79 Å². The van der Waals surface area contributed by atoms with Crippen LogP contribution in [0, 0.1) is 0 Å². The fourth-order valence-corrected chi connectivity index (χ4v) is 2.05. The molecule has 2 aromatic rings. The Bertz CT molecular complexity index is 604. The van der Waals surface area contributed by atoms with E-state index in [1.54, 1.807) is 12.1 Å². The Kier molecular flexibility index (Phi) is 5.27. The summed E-state index contributed by atoms with van der Waals surface area (Å²) in [4.78, 5) is 11.8. The zero-order valence-corrected chi connectivity index (χ0v) is 12.1.